The second-order valence-electron chi connectivity index (χ2n) is 6.89. The predicted octanol–water partition coefficient (Wildman–Crippen LogP) is 4.95. The van der Waals surface area contributed by atoms with Gasteiger partial charge in [-0.3, -0.25) is 4.31 Å². The van der Waals surface area contributed by atoms with E-state index in [4.69, 9.17) is 4.74 Å². The van der Waals surface area contributed by atoms with Crippen LogP contribution in [0.5, 0.6) is 11.5 Å². The number of benzene rings is 4. The number of hydrogen-bond acceptors (Lipinski definition) is 4. The van der Waals surface area contributed by atoms with E-state index in [1.165, 1.54) is 4.31 Å². The van der Waals surface area contributed by atoms with Crippen molar-refractivity contribution in [3.8, 4) is 11.5 Å². The van der Waals surface area contributed by atoms with Gasteiger partial charge in [0.2, 0.25) is 0 Å². The Morgan fingerprint density at radius 3 is 2.17 bits per heavy atom. The first-order chi connectivity index (χ1) is 14.5. The molecule has 6 heteroatoms. The van der Waals surface area contributed by atoms with Crippen LogP contribution in [0.3, 0.4) is 0 Å². The summed E-state index contributed by atoms with van der Waals surface area (Å²) >= 11 is 0. The van der Waals surface area contributed by atoms with Crippen molar-refractivity contribution < 1.29 is 18.3 Å². The standard InChI is InChI=1S/C24H21NO4S/c1-29-23-13-9-21(10-14-23)25(17-18-6-11-22(26)12-7-18)30(27,28)24-15-8-19-4-2-3-5-20(19)16-24/h2-16,26H,17H2,1H3. The number of phenolic OH excluding ortho intramolecular Hbond substituents is 1. The van der Waals surface area contributed by atoms with Crippen molar-refractivity contribution >= 4 is 26.5 Å². The van der Waals surface area contributed by atoms with Crippen molar-refractivity contribution in [2.24, 2.45) is 0 Å². The molecule has 0 amide bonds. The Morgan fingerprint density at radius 1 is 0.833 bits per heavy atom. The highest BCUT2D eigenvalue weighted by molar-refractivity contribution is 7.92. The molecule has 5 nitrogen and oxygen atoms in total. The summed E-state index contributed by atoms with van der Waals surface area (Å²) in [7, 11) is -2.28. The Balaban J connectivity index is 1.80. The second kappa shape index (κ2) is 8.08. The van der Waals surface area contributed by atoms with Crippen molar-refractivity contribution in [1.29, 1.82) is 0 Å². The van der Waals surface area contributed by atoms with Gasteiger partial charge >= 0.3 is 0 Å². The number of fused-ring (bicyclic) bond motifs is 1. The lowest BCUT2D eigenvalue weighted by molar-refractivity contribution is 0.415. The van der Waals surface area contributed by atoms with Gasteiger partial charge in [0.25, 0.3) is 10.0 Å². The van der Waals surface area contributed by atoms with Gasteiger partial charge in [-0.25, -0.2) is 8.42 Å². The molecule has 0 aliphatic carbocycles. The van der Waals surface area contributed by atoms with Crippen molar-refractivity contribution in [1.82, 2.24) is 0 Å². The van der Waals surface area contributed by atoms with Crippen LogP contribution >= 0.6 is 0 Å². The number of rotatable bonds is 6. The molecule has 0 radical (unpaired) electrons. The molecule has 0 spiro atoms. The number of sulfonamides is 1. The number of phenols is 1. The molecule has 152 valence electrons. The average Bonchev–Trinajstić information content (AvgIpc) is 2.78. The summed E-state index contributed by atoms with van der Waals surface area (Å²) in [5.74, 6) is 0.776. The zero-order valence-electron chi connectivity index (χ0n) is 16.4. The maximum Gasteiger partial charge on any atom is 0.264 e. The van der Waals surface area contributed by atoms with E-state index in [1.807, 2.05) is 30.3 Å². The van der Waals surface area contributed by atoms with Crippen LogP contribution in [-0.2, 0) is 16.6 Å². The third-order valence-electron chi connectivity index (χ3n) is 4.93. The molecule has 0 saturated carbocycles. The van der Waals surface area contributed by atoms with E-state index < -0.39 is 10.0 Å². The fourth-order valence-electron chi connectivity index (χ4n) is 3.29. The molecule has 0 unspecified atom stereocenters. The van der Waals surface area contributed by atoms with Gasteiger partial charge in [-0.15, -0.1) is 0 Å². The maximum absolute atomic E-state index is 13.6. The molecular formula is C24H21NO4S. The van der Waals surface area contributed by atoms with Crippen LogP contribution in [-0.4, -0.2) is 20.6 Å². The highest BCUT2D eigenvalue weighted by atomic mass is 32.2. The van der Waals surface area contributed by atoms with Crippen molar-refractivity contribution in [2.75, 3.05) is 11.4 Å². The van der Waals surface area contributed by atoms with Crippen LogP contribution in [0.15, 0.2) is 95.9 Å². The fourth-order valence-corrected chi connectivity index (χ4v) is 4.77. The van der Waals surface area contributed by atoms with Crippen molar-refractivity contribution in [3.63, 3.8) is 0 Å². The normalized spacial score (nSPS) is 11.4. The first-order valence-corrected chi connectivity index (χ1v) is 10.8. The molecule has 1 N–H and O–H groups in total. The monoisotopic (exact) mass is 419 g/mol. The van der Waals surface area contributed by atoms with Crippen molar-refractivity contribution in [2.45, 2.75) is 11.4 Å². The first-order valence-electron chi connectivity index (χ1n) is 9.41. The molecule has 4 rings (SSSR count). The minimum atomic E-state index is -3.84. The zero-order chi connectivity index (χ0) is 21.1. The highest BCUT2D eigenvalue weighted by Gasteiger charge is 2.25. The van der Waals surface area contributed by atoms with Crippen molar-refractivity contribution in [3.05, 3.63) is 96.6 Å². The lowest BCUT2D eigenvalue weighted by atomic mass is 10.1. The van der Waals surface area contributed by atoms with E-state index in [1.54, 1.807) is 67.8 Å². The summed E-state index contributed by atoms with van der Waals surface area (Å²) in [5, 5.41) is 11.4. The number of ether oxygens (including phenoxy) is 1. The first kappa shape index (κ1) is 19.8. The van der Waals surface area contributed by atoms with Gasteiger partial charge in [-0.2, -0.15) is 0 Å². The molecule has 0 aromatic heterocycles. The van der Waals surface area contributed by atoms with Gasteiger partial charge in [0.05, 0.1) is 24.2 Å². The Hall–Kier alpha value is -3.51. The summed E-state index contributed by atoms with van der Waals surface area (Å²) < 4.78 is 33.9. The van der Waals surface area contributed by atoms with E-state index in [2.05, 4.69) is 0 Å². The second-order valence-corrected chi connectivity index (χ2v) is 8.75. The minimum Gasteiger partial charge on any atom is -0.508 e. The molecule has 0 heterocycles. The zero-order valence-corrected chi connectivity index (χ0v) is 17.2. The highest BCUT2D eigenvalue weighted by Crippen LogP contribution is 2.29. The number of nitrogens with zero attached hydrogens (tertiary/aromatic N) is 1. The maximum atomic E-state index is 13.6. The summed E-state index contributed by atoms with van der Waals surface area (Å²) in [6, 6.07) is 26.2. The topological polar surface area (TPSA) is 66.8 Å². The predicted molar refractivity (Wildman–Crippen MR) is 118 cm³/mol. The molecule has 4 aromatic rings. The number of methoxy groups -OCH3 is 1. The minimum absolute atomic E-state index is 0.127. The number of aromatic hydroxyl groups is 1. The summed E-state index contributed by atoms with van der Waals surface area (Å²) in [5.41, 5.74) is 1.28. The van der Waals surface area contributed by atoms with Gasteiger partial charge in [0, 0.05) is 0 Å². The number of hydrogen-bond donors (Lipinski definition) is 1. The van der Waals surface area contributed by atoms with Crippen LogP contribution < -0.4 is 9.04 Å². The summed E-state index contributed by atoms with van der Waals surface area (Å²) in [6.07, 6.45) is 0. The van der Waals surface area contributed by atoms with Gasteiger partial charge < -0.3 is 9.84 Å². The van der Waals surface area contributed by atoms with E-state index in [-0.39, 0.29) is 17.2 Å². The van der Waals surface area contributed by atoms with Gasteiger partial charge in [0.15, 0.2) is 0 Å². The largest absolute Gasteiger partial charge is 0.508 e. The third kappa shape index (κ3) is 3.95. The van der Waals surface area contributed by atoms with Gasteiger partial charge in [-0.05, 0) is 64.9 Å². The molecule has 0 fully saturated rings. The molecular weight excluding hydrogens is 398 g/mol. The van der Waals surface area contributed by atoms with E-state index in [0.717, 1.165) is 16.3 Å². The van der Waals surface area contributed by atoms with E-state index in [0.29, 0.717) is 11.4 Å². The Morgan fingerprint density at radius 2 is 1.50 bits per heavy atom. The van der Waals surface area contributed by atoms with Crippen LogP contribution in [0.25, 0.3) is 10.8 Å². The lowest BCUT2D eigenvalue weighted by Crippen LogP contribution is -2.30. The Bertz CT molecular complexity index is 1270. The number of anilines is 1. The summed E-state index contributed by atoms with van der Waals surface area (Å²) in [4.78, 5) is 0.218. The molecule has 0 saturated heterocycles. The van der Waals surface area contributed by atoms with Crippen LogP contribution in [0.2, 0.25) is 0 Å². The lowest BCUT2D eigenvalue weighted by Gasteiger charge is -2.25. The molecule has 0 atom stereocenters. The van der Waals surface area contributed by atoms with E-state index >= 15 is 0 Å². The van der Waals surface area contributed by atoms with Gasteiger partial charge in [-0.1, -0.05) is 42.5 Å². The average molecular weight is 420 g/mol. The summed E-state index contributed by atoms with van der Waals surface area (Å²) in [6.45, 7) is 0.127. The third-order valence-corrected chi connectivity index (χ3v) is 6.70. The van der Waals surface area contributed by atoms with E-state index in [9.17, 15) is 13.5 Å². The molecule has 0 bridgehead atoms. The fraction of sp³-hybridized carbons (Fsp3) is 0.0833. The molecule has 0 aliphatic heterocycles. The Kier molecular flexibility index (Phi) is 5.33. The Labute approximate surface area is 175 Å². The van der Waals surface area contributed by atoms with Crippen LogP contribution in [0.1, 0.15) is 5.56 Å². The van der Waals surface area contributed by atoms with Crippen LogP contribution in [0.4, 0.5) is 5.69 Å². The SMILES string of the molecule is COc1ccc(N(Cc2ccc(O)cc2)S(=O)(=O)c2ccc3ccccc3c2)cc1. The smallest absolute Gasteiger partial charge is 0.264 e. The molecule has 0 aliphatic rings. The van der Waals surface area contributed by atoms with Gasteiger partial charge in [0.1, 0.15) is 11.5 Å². The van der Waals surface area contributed by atoms with Crippen LogP contribution in [0, 0.1) is 0 Å². The quantitative estimate of drug-likeness (QED) is 0.480. The molecule has 30 heavy (non-hydrogen) atoms. The molecule has 4 aromatic carbocycles.